The largest absolute Gasteiger partial charge is 0.457 e. The monoisotopic (exact) mass is 362 g/mol. The first kappa shape index (κ1) is 18.1. The minimum absolute atomic E-state index is 0.291. The quantitative estimate of drug-likeness (QED) is 0.669. The fraction of sp³-hybridized carbons (Fsp3) is 0.0952. The zero-order valence-corrected chi connectivity index (χ0v) is 14.7. The summed E-state index contributed by atoms with van der Waals surface area (Å²) in [7, 11) is 0. The van der Waals surface area contributed by atoms with Gasteiger partial charge in [0.25, 0.3) is 5.91 Å². The maximum Gasteiger partial charge on any atom is 0.340 e. The fourth-order valence-electron chi connectivity index (χ4n) is 2.24. The van der Waals surface area contributed by atoms with E-state index in [0.29, 0.717) is 17.0 Å². The average Bonchev–Trinajstić information content (AvgIpc) is 2.71. The van der Waals surface area contributed by atoms with Crippen molar-refractivity contribution < 1.29 is 19.1 Å². The third-order valence-corrected chi connectivity index (χ3v) is 3.65. The number of carbonyl (C=O) groups is 2. The van der Waals surface area contributed by atoms with Crippen LogP contribution in [0.15, 0.2) is 79.1 Å². The number of hydrogen-bond acceptors (Lipinski definition) is 5. The molecule has 0 bridgehead atoms. The van der Waals surface area contributed by atoms with Crippen molar-refractivity contribution >= 4 is 17.6 Å². The summed E-state index contributed by atoms with van der Waals surface area (Å²) < 4.78 is 10.9. The first-order chi connectivity index (χ1) is 13.1. The standard InChI is InChI=1S/C21H18N2O4/c1-15(26-21(25)16-6-5-13-22-14-16)20(24)23-17-9-11-19(12-10-17)27-18-7-3-2-4-8-18/h2-15H,1H3,(H,23,24). The van der Waals surface area contributed by atoms with Crippen LogP contribution in [0.5, 0.6) is 11.5 Å². The molecule has 1 unspecified atom stereocenters. The second kappa shape index (κ2) is 8.62. The van der Waals surface area contributed by atoms with Crippen molar-refractivity contribution in [2.24, 2.45) is 0 Å². The maximum absolute atomic E-state index is 12.2. The highest BCUT2D eigenvalue weighted by molar-refractivity contribution is 5.97. The molecule has 0 saturated heterocycles. The van der Waals surface area contributed by atoms with Gasteiger partial charge in [-0.3, -0.25) is 9.78 Å². The number of ether oxygens (including phenoxy) is 2. The molecule has 1 atom stereocenters. The number of amides is 1. The van der Waals surface area contributed by atoms with Crippen molar-refractivity contribution in [2.45, 2.75) is 13.0 Å². The van der Waals surface area contributed by atoms with Crippen LogP contribution in [-0.2, 0) is 9.53 Å². The van der Waals surface area contributed by atoms with E-state index in [2.05, 4.69) is 10.3 Å². The number of nitrogens with one attached hydrogen (secondary N) is 1. The predicted molar refractivity (Wildman–Crippen MR) is 101 cm³/mol. The molecular formula is C21H18N2O4. The molecule has 1 heterocycles. The van der Waals surface area contributed by atoms with Crippen LogP contribution in [0.1, 0.15) is 17.3 Å². The van der Waals surface area contributed by atoms with Gasteiger partial charge >= 0.3 is 5.97 Å². The molecular weight excluding hydrogens is 344 g/mol. The van der Waals surface area contributed by atoms with Gasteiger partial charge in [-0.2, -0.15) is 0 Å². The zero-order valence-electron chi connectivity index (χ0n) is 14.7. The third-order valence-electron chi connectivity index (χ3n) is 3.65. The van der Waals surface area contributed by atoms with Crippen LogP contribution in [0.25, 0.3) is 0 Å². The van der Waals surface area contributed by atoms with Crippen molar-refractivity contribution in [2.75, 3.05) is 5.32 Å². The van der Waals surface area contributed by atoms with Crippen molar-refractivity contribution in [1.82, 2.24) is 4.98 Å². The number of nitrogens with zero attached hydrogens (tertiary/aromatic N) is 1. The highest BCUT2D eigenvalue weighted by atomic mass is 16.5. The fourth-order valence-corrected chi connectivity index (χ4v) is 2.24. The van der Waals surface area contributed by atoms with Crippen LogP contribution in [0, 0.1) is 0 Å². The summed E-state index contributed by atoms with van der Waals surface area (Å²) in [6.45, 7) is 1.51. The smallest absolute Gasteiger partial charge is 0.340 e. The van der Waals surface area contributed by atoms with Gasteiger partial charge in [-0.05, 0) is 55.5 Å². The molecule has 3 rings (SSSR count). The summed E-state index contributed by atoms with van der Waals surface area (Å²) in [5, 5.41) is 2.70. The van der Waals surface area contributed by atoms with Gasteiger partial charge in [0.1, 0.15) is 11.5 Å². The first-order valence-electron chi connectivity index (χ1n) is 8.36. The number of esters is 1. The van der Waals surface area contributed by atoms with Gasteiger partial charge < -0.3 is 14.8 Å². The molecule has 1 amide bonds. The molecule has 0 spiro atoms. The van der Waals surface area contributed by atoms with E-state index in [9.17, 15) is 9.59 Å². The number of pyridine rings is 1. The van der Waals surface area contributed by atoms with Crippen LogP contribution < -0.4 is 10.1 Å². The average molecular weight is 362 g/mol. The lowest BCUT2D eigenvalue weighted by Gasteiger charge is -2.14. The SMILES string of the molecule is CC(OC(=O)c1cccnc1)C(=O)Nc1ccc(Oc2ccccc2)cc1. The lowest BCUT2D eigenvalue weighted by Crippen LogP contribution is -2.30. The summed E-state index contributed by atoms with van der Waals surface area (Å²) in [6.07, 6.45) is 1.99. The van der Waals surface area contributed by atoms with Gasteiger partial charge in [-0.15, -0.1) is 0 Å². The third kappa shape index (κ3) is 5.15. The lowest BCUT2D eigenvalue weighted by atomic mass is 10.2. The van der Waals surface area contributed by atoms with Crippen molar-refractivity contribution in [3.8, 4) is 11.5 Å². The van der Waals surface area contributed by atoms with Gasteiger partial charge in [-0.25, -0.2) is 4.79 Å². The highest BCUT2D eigenvalue weighted by Gasteiger charge is 2.19. The number of anilines is 1. The minimum Gasteiger partial charge on any atom is -0.457 e. The Morgan fingerprint density at radius 3 is 2.30 bits per heavy atom. The molecule has 0 aliphatic carbocycles. The Labute approximate surface area is 156 Å². The van der Waals surface area contributed by atoms with Crippen LogP contribution in [0.4, 0.5) is 5.69 Å². The molecule has 0 aliphatic rings. The summed E-state index contributed by atoms with van der Waals surface area (Å²) in [4.78, 5) is 28.0. The Morgan fingerprint density at radius 1 is 0.926 bits per heavy atom. The number of carbonyl (C=O) groups excluding carboxylic acids is 2. The Hall–Kier alpha value is -3.67. The van der Waals surface area contributed by atoms with E-state index in [1.54, 1.807) is 42.6 Å². The molecule has 0 aliphatic heterocycles. The topological polar surface area (TPSA) is 77.5 Å². The van der Waals surface area contributed by atoms with E-state index < -0.39 is 18.0 Å². The van der Waals surface area contributed by atoms with Gasteiger partial charge in [0, 0.05) is 18.1 Å². The molecule has 0 saturated carbocycles. The maximum atomic E-state index is 12.2. The normalized spacial score (nSPS) is 11.3. The Bertz CT molecular complexity index is 896. The highest BCUT2D eigenvalue weighted by Crippen LogP contribution is 2.22. The van der Waals surface area contributed by atoms with E-state index in [1.165, 1.54) is 13.1 Å². The second-order valence-electron chi connectivity index (χ2n) is 5.72. The van der Waals surface area contributed by atoms with Crippen LogP contribution >= 0.6 is 0 Å². The molecule has 6 heteroatoms. The van der Waals surface area contributed by atoms with Crippen molar-refractivity contribution in [3.63, 3.8) is 0 Å². The summed E-state index contributed by atoms with van der Waals surface area (Å²) >= 11 is 0. The van der Waals surface area contributed by atoms with Crippen LogP contribution in [0.2, 0.25) is 0 Å². The number of aromatic nitrogens is 1. The Morgan fingerprint density at radius 2 is 1.63 bits per heavy atom. The van der Waals surface area contributed by atoms with Crippen molar-refractivity contribution in [3.05, 3.63) is 84.7 Å². The number of benzene rings is 2. The van der Waals surface area contributed by atoms with Gasteiger partial charge in [0.15, 0.2) is 6.10 Å². The van der Waals surface area contributed by atoms with E-state index >= 15 is 0 Å². The molecule has 3 aromatic rings. The van der Waals surface area contributed by atoms with Crippen LogP contribution in [0.3, 0.4) is 0 Å². The zero-order chi connectivity index (χ0) is 19.1. The number of rotatable bonds is 6. The molecule has 2 aromatic carbocycles. The molecule has 136 valence electrons. The summed E-state index contributed by atoms with van der Waals surface area (Å²) in [6, 6.07) is 19.5. The molecule has 6 nitrogen and oxygen atoms in total. The van der Waals surface area contributed by atoms with Crippen LogP contribution in [-0.4, -0.2) is 23.0 Å². The number of para-hydroxylation sites is 1. The summed E-state index contributed by atoms with van der Waals surface area (Å²) in [5.74, 6) is 0.349. The summed E-state index contributed by atoms with van der Waals surface area (Å²) in [5.41, 5.74) is 0.865. The molecule has 0 fully saturated rings. The Balaban J connectivity index is 1.55. The Kier molecular flexibility index (Phi) is 5.79. The molecule has 1 aromatic heterocycles. The second-order valence-corrected chi connectivity index (χ2v) is 5.72. The van der Waals surface area contributed by atoms with Gasteiger partial charge in [-0.1, -0.05) is 18.2 Å². The van der Waals surface area contributed by atoms with E-state index in [1.807, 2.05) is 30.3 Å². The first-order valence-corrected chi connectivity index (χ1v) is 8.36. The minimum atomic E-state index is -0.946. The predicted octanol–water partition coefficient (Wildman–Crippen LogP) is 4.06. The van der Waals surface area contributed by atoms with Gasteiger partial charge in [0.2, 0.25) is 0 Å². The van der Waals surface area contributed by atoms with E-state index in [-0.39, 0.29) is 0 Å². The van der Waals surface area contributed by atoms with E-state index in [4.69, 9.17) is 9.47 Å². The number of hydrogen-bond donors (Lipinski definition) is 1. The van der Waals surface area contributed by atoms with E-state index in [0.717, 1.165) is 5.75 Å². The van der Waals surface area contributed by atoms with Gasteiger partial charge in [0.05, 0.1) is 5.56 Å². The lowest BCUT2D eigenvalue weighted by molar-refractivity contribution is -0.123. The molecule has 27 heavy (non-hydrogen) atoms. The molecule has 0 radical (unpaired) electrons. The molecule has 1 N–H and O–H groups in total. The van der Waals surface area contributed by atoms with Crippen molar-refractivity contribution in [1.29, 1.82) is 0 Å².